The zero-order valence-corrected chi connectivity index (χ0v) is 11.6. The molecule has 3 heteroatoms. The van der Waals surface area contributed by atoms with Crippen LogP contribution in [0.4, 0.5) is 0 Å². The lowest BCUT2D eigenvalue weighted by molar-refractivity contribution is 0.428. The largest absolute Gasteiger partial charge is 0.336 e. The highest BCUT2D eigenvalue weighted by molar-refractivity contribution is 5.63. The third kappa shape index (κ3) is 2.48. The second-order valence-corrected chi connectivity index (χ2v) is 5.58. The lowest BCUT2D eigenvalue weighted by Crippen LogP contribution is -2.31. The maximum absolute atomic E-state index is 12.1. The summed E-state index contributed by atoms with van der Waals surface area (Å²) in [4.78, 5) is 12.1. The Morgan fingerprint density at radius 2 is 1.65 bits per heavy atom. The molecule has 2 aromatic rings. The van der Waals surface area contributed by atoms with Crippen molar-refractivity contribution in [3.63, 3.8) is 0 Å². The van der Waals surface area contributed by atoms with Crippen molar-refractivity contribution < 1.29 is 0 Å². The molecule has 3 rings (SSSR count). The van der Waals surface area contributed by atoms with Crippen molar-refractivity contribution in [3.05, 3.63) is 58.5 Å². The third-order valence-corrected chi connectivity index (χ3v) is 4.23. The number of pyridine rings is 1. The highest BCUT2D eigenvalue weighted by Crippen LogP contribution is 2.33. The molecule has 0 bridgehead atoms. The minimum absolute atomic E-state index is 0.119. The normalized spacial score (nSPS) is 16.2. The standard InChI is InChI=1S/C17H20N2O/c18-19-16(14-9-5-2-6-10-14)11-15(12-17(19)20)13-7-3-1-4-8-13/h1,3-4,7-8,11-12,14H,2,5-6,9-10,18H2. The first-order valence-electron chi connectivity index (χ1n) is 7.33. The average Bonchev–Trinajstić information content (AvgIpc) is 2.51. The quantitative estimate of drug-likeness (QED) is 0.850. The fourth-order valence-electron chi connectivity index (χ4n) is 3.11. The second kappa shape index (κ2) is 5.53. The zero-order chi connectivity index (χ0) is 13.9. The first-order valence-corrected chi connectivity index (χ1v) is 7.33. The molecule has 104 valence electrons. The molecule has 0 amide bonds. The Balaban J connectivity index is 2.06. The molecular formula is C17H20N2O. The molecule has 3 nitrogen and oxygen atoms in total. The van der Waals surface area contributed by atoms with E-state index in [1.165, 1.54) is 23.9 Å². The zero-order valence-electron chi connectivity index (χ0n) is 11.6. The van der Waals surface area contributed by atoms with Crippen LogP contribution in [0, 0.1) is 0 Å². The lowest BCUT2D eigenvalue weighted by atomic mass is 9.86. The van der Waals surface area contributed by atoms with Crippen LogP contribution in [-0.2, 0) is 0 Å². The topological polar surface area (TPSA) is 48.0 Å². The van der Waals surface area contributed by atoms with E-state index in [-0.39, 0.29) is 5.56 Å². The van der Waals surface area contributed by atoms with E-state index in [2.05, 4.69) is 6.07 Å². The lowest BCUT2D eigenvalue weighted by Gasteiger charge is -2.24. The van der Waals surface area contributed by atoms with E-state index in [0.717, 1.165) is 29.7 Å². The van der Waals surface area contributed by atoms with Crippen molar-refractivity contribution in [2.24, 2.45) is 0 Å². The number of benzene rings is 1. The van der Waals surface area contributed by atoms with Crippen molar-refractivity contribution in [3.8, 4) is 11.1 Å². The van der Waals surface area contributed by atoms with E-state index >= 15 is 0 Å². The van der Waals surface area contributed by atoms with Gasteiger partial charge in [0.1, 0.15) is 0 Å². The molecule has 0 unspecified atom stereocenters. The smallest absolute Gasteiger partial charge is 0.269 e. The summed E-state index contributed by atoms with van der Waals surface area (Å²) in [5.41, 5.74) is 2.91. The fourth-order valence-corrected chi connectivity index (χ4v) is 3.11. The molecule has 1 aliphatic carbocycles. The third-order valence-electron chi connectivity index (χ3n) is 4.23. The Hall–Kier alpha value is -2.03. The molecular weight excluding hydrogens is 248 g/mol. The van der Waals surface area contributed by atoms with Crippen LogP contribution in [0.15, 0.2) is 47.3 Å². The van der Waals surface area contributed by atoms with Gasteiger partial charge in [-0.25, -0.2) is 4.68 Å². The molecule has 0 atom stereocenters. The van der Waals surface area contributed by atoms with Gasteiger partial charge in [-0.05, 0) is 30.0 Å². The number of rotatable bonds is 2. The van der Waals surface area contributed by atoms with Crippen LogP contribution < -0.4 is 11.4 Å². The summed E-state index contributed by atoms with van der Waals surface area (Å²) in [6.45, 7) is 0. The molecule has 20 heavy (non-hydrogen) atoms. The van der Waals surface area contributed by atoms with Crippen LogP contribution in [-0.4, -0.2) is 4.68 Å². The molecule has 0 spiro atoms. The van der Waals surface area contributed by atoms with Gasteiger partial charge in [-0.1, -0.05) is 49.6 Å². The maximum Gasteiger partial charge on any atom is 0.269 e. The molecule has 1 aromatic heterocycles. The van der Waals surface area contributed by atoms with Crippen LogP contribution in [0.5, 0.6) is 0 Å². The monoisotopic (exact) mass is 268 g/mol. The molecule has 1 fully saturated rings. The molecule has 0 radical (unpaired) electrons. The number of nitrogen functional groups attached to an aromatic ring is 1. The molecule has 2 N–H and O–H groups in total. The van der Waals surface area contributed by atoms with Crippen LogP contribution in [0.1, 0.15) is 43.7 Å². The van der Waals surface area contributed by atoms with Gasteiger partial charge >= 0.3 is 0 Å². The number of aromatic nitrogens is 1. The summed E-state index contributed by atoms with van der Waals surface area (Å²) >= 11 is 0. The highest BCUT2D eigenvalue weighted by atomic mass is 16.1. The minimum atomic E-state index is -0.119. The SMILES string of the molecule is Nn1c(C2CCCCC2)cc(-c2ccccc2)cc1=O. The number of nitrogens with zero attached hydrogens (tertiary/aromatic N) is 1. The van der Waals surface area contributed by atoms with Crippen LogP contribution in [0.2, 0.25) is 0 Å². The van der Waals surface area contributed by atoms with Crippen molar-refractivity contribution >= 4 is 0 Å². The Morgan fingerprint density at radius 3 is 2.35 bits per heavy atom. The number of hydrogen-bond donors (Lipinski definition) is 1. The minimum Gasteiger partial charge on any atom is -0.336 e. The molecule has 1 aromatic carbocycles. The molecule has 1 aliphatic rings. The van der Waals surface area contributed by atoms with Crippen molar-refractivity contribution in [1.29, 1.82) is 0 Å². The summed E-state index contributed by atoms with van der Waals surface area (Å²) in [5.74, 6) is 6.39. The summed E-state index contributed by atoms with van der Waals surface area (Å²) in [6.07, 6.45) is 6.02. The van der Waals surface area contributed by atoms with Crippen LogP contribution in [0.25, 0.3) is 11.1 Å². The van der Waals surface area contributed by atoms with Gasteiger partial charge in [-0.3, -0.25) is 4.79 Å². The van der Waals surface area contributed by atoms with E-state index in [9.17, 15) is 4.79 Å². The van der Waals surface area contributed by atoms with Gasteiger partial charge in [0.05, 0.1) is 0 Å². The maximum atomic E-state index is 12.1. The van der Waals surface area contributed by atoms with Gasteiger partial charge in [0, 0.05) is 17.7 Å². The van der Waals surface area contributed by atoms with E-state index in [4.69, 9.17) is 5.84 Å². The van der Waals surface area contributed by atoms with Gasteiger partial charge in [-0.2, -0.15) is 0 Å². The number of nitrogens with two attached hydrogens (primary N) is 1. The summed E-state index contributed by atoms with van der Waals surface area (Å²) in [6, 6.07) is 13.7. The van der Waals surface area contributed by atoms with E-state index < -0.39 is 0 Å². The van der Waals surface area contributed by atoms with Crippen molar-refractivity contribution in [1.82, 2.24) is 4.68 Å². The van der Waals surface area contributed by atoms with Crippen molar-refractivity contribution in [2.75, 3.05) is 5.84 Å². The first kappa shape index (κ1) is 13.0. The molecule has 0 saturated heterocycles. The highest BCUT2D eigenvalue weighted by Gasteiger charge is 2.19. The van der Waals surface area contributed by atoms with Crippen LogP contribution in [0.3, 0.4) is 0 Å². The van der Waals surface area contributed by atoms with Gasteiger partial charge in [0.2, 0.25) is 0 Å². The van der Waals surface area contributed by atoms with Crippen LogP contribution >= 0.6 is 0 Å². The first-order chi connectivity index (χ1) is 9.75. The Bertz CT molecular complexity index is 640. The van der Waals surface area contributed by atoms with Gasteiger partial charge < -0.3 is 5.84 Å². The Labute approximate surface area is 119 Å². The Kier molecular flexibility index (Phi) is 3.59. The average molecular weight is 268 g/mol. The molecule has 0 aliphatic heterocycles. The summed E-state index contributed by atoms with van der Waals surface area (Å²) < 4.78 is 1.34. The van der Waals surface area contributed by atoms with Gasteiger partial charge in [0.15, 0.2) is 0 Å². The van der Waals surface area contributed by atoms with E-state index in [0.29, 0.717) is 5.92 Å². The second-order valence-electron chi connectivity index (χ2n) is 5.58. The molecule has 1 saturated carbocycles. The van der Waals surface area contributed by atoms with Gasteiger partial charge in [0.25, 0.3) is 5.56 Å². The number of hydrogen-bond acceptors (Lipinski definition) is 2. The van der Waals surface area contributed by atoms with E-state index in [1.54, 1.807) is 6.07 Å². The van der Waals surface area contributed by atoms with E-state index in [1.807, 2.05) is 30.3 Å². The van der Waals surface area contributed by atoms with Crippen molar-refractivity contribution in [2.45, 2.75) is 38.0 Å². The predicted octanol–water partition coefficient (Wildman–Crippen LogP) is 3.28. The predicted molar refractivity (Wildman–Crippen MR) is 82.1 cm³/mol. The molecule has 1 heterocycles. The Morgan fingerprint density at radius 1 is 0.950 bits per heavy atom. The summed E-state index contributed by atoms with van der Waals surface area (Å²) in [5, 5.41) is 0. The fraction of sp³-hybridized carbons (Fsp3) is 0.353. The summed E-state index contributed by atoms with van der Waals surface area (Å²) in [7, 11) is 0. The van der Waals surface area contributed by atoms with Gasteiger partial charge in [-0.15, -0.1) is 0 Å².